The van der Waals surface area contributed by atoms with Crippen LogP contribution in [0.15, 0.2) is 60.8 Å². The number of ether oxygens (including phenoxy) is 2. The molecule has 0 aromatic carbocycles. The third-order valence-corrected chi connectivity index (χ3v) is 10.7. The fourth-order valence-electron chi connectivity index (χ4n) is 6.07. The molecule has 2 unspecified atom stereocenters. The van der Waals surface area contributed by atoms with E-state index in [-0.39, 0.29) is 26.1 Å². The standard InChI is InChI=1S/C49H88NO8P/c1-6-8-10-12-14-16-18-20-21-22-23-24-25-26-27-28-30-31-33-35-37-39-41-48(51)55-45-47(46-57-59(53,54)56-44-43-50(3,4)5)58-49(52)42-40-38-36-34-32-29-19-17-15-13-11-9-7-2/h14,16,20-21,23-24,29,32,36,38,47H,6-13,15,17-19,22,25-28,30-31,33-35,37,39-46H2,1-5H3/b16-14+,21-20+,24-23+,32-29+,38-36+. The first-order valence-corrected chi connectivity index (χ1v) is 25.0. The zero-order chi connectivity index (χ0) is 43.6. The Kier molecular flexibility index (Phi) is 39.5. The number of unbranched alkanes of at least 4 members (excludes halogenated alkanes) is 18. The molecule has 59 heavy (non-hydrogen) atoms. The van der Waals surface area contributed by atoms with Gasteiger partial charge in [-0.2, -0.15) is 0 Å². The van der Waals surface area contributed by atoms with Crippen LogP contribution in [0.3, 0.4) is 0 Å². The van der Waals surface area contributed by atoms with E-state index < -0.39 is 32.5 Å². The zero-order valence-corrected chi connectivity index (χ0v) is 39.3. The highest BCUT2D eigenvalue weighted by molar-refractivity contribution is 7.45. The Morgan fingerprint density at radius 3 is 1.46 bits per heavy atom. The minimum Gasteiger partial charge on any atom is -0.756 e. The number of quaternary nitrogens is 1. The van der Waals surface area contributed by atoms with E-state index in [1.807, 2.05) is 33.3 Å². The van der Waals surface area contributed by atoms with Gasteiger partial charge in [-0.3, -0.25) is 14.2 Å². The molecule has 9 nitrogen and oxygen atoms in total. The van der Waals surface area contributed by atoms with Crippen LogP contribution in [0.4, 0.5) is 0 Å². The lowest BCUT2D eigenvalue weighted by Gasteiger charge is -2.28. The third kappa shape index (κ3) is 45.1. The molecule has 0 rings (SSSR count). The highest BCUT2D eigenvalue weighted by Gasteiger charge is 2.21. The molecule has 0 fully saturated rings. The van der Waals surface area contributed by atoms with E-state index in [0.29, 0.717) is 23.9 Å². The molecule has 0 N–H and O–H groups in total. The van der Waals surface area contributed by atoms with Gasteiger partial charge in [0.2, 0.25) is 0 Å². The second kappa shape index (κ2) is 41.1. The summed E-state index contributed by atoms with van der Waals surface area (Å²) in [5.41, 5.74) is 0. The van der Waals surface area contributed by atoms with Gasteiger partial charge in [0, 0.05) is 12.8 Å². The van der Waals surface area contributed by atoms with Crippen molar-refractivity contribution in [3.63, 3.8) is 0 Å². The number of hydrogen-bond donors (Lipinski definition) is 0. The minimum atomic E-state index is -4.64. The quantitative estimate of drug-likeness (QED) is 0.0196. The van der Waals surface area contributed by atoms with E-state index in [9.17, 15) is 19.0 Å². The van der Waals surface area contributed by atoms with Crippen molar-refractivity contribution in [1.29, 1.82) is 0 Å². The number of allylic oxidation sites excluding steroid dienone is 10. The van der Waals surface area contributed by atoms with Gasteiger partial charge < -0.3 is 27.9 Å². The maximum atomic E-state index is 12.6. The molecule has 0 heterocycles. The van der Waals surface area contributed by atoms with Crippen LogP contribution in [-0.4, -0.2) is 70.0 Å². The molecule has 0 aromatic heterocycles. The Morgan fingerprint density at radius 1 is 0.525 bits per heavy atom. The smallest absolute Gasteiger partial charge is 0.306 e. The first-order valence-electron chi connectivity index (χ1n) is 23.5. The van der Waals surface area contributed by atoms with E-state index in [1.165, 1.54) is 96.3 Å². The summed E-state index contributed by atoms with van der Waals surface area (Å²) in [6.45, 7) is 4.11. The summed E-state index contributed by atoms with van der Waals surface area (Å²) >= 11 is 0. The van der Waals surface area contributed by atoms with Gasteiger partial charge >= 0.3 is 11.9 Å². The van der Waals surface area contributed by atoms with E-state index in [4.69, 9.17) is 18.5 Å². The van der Waals surface area contributed by atoms with Gasteiger partial charge in [0.1, 0.15) is 19.8 Å². The summed E-state index contributed by atoms with van der Waals surface area (Å²) in [6, 6.07) is 0. The molecule has 10 heteroatoms. The normalized spacial score (nSPS) is 14.1. The summed E-state index contributed by atoms with van der Waals surface area (Å²) in [5.74, 6) is -0.921. The van der Waals surface area contributed by atoms with Crippen molar-refractivity contribution in [2.24, 2.45) is 0 Å². The molecule has 2 atom stereocenters. The number of hydrogen-bond acceptors (Lipinski definition) is 8. The second-order valence-corrected chi connectivity index (χ2v) is 18.2. The van der Waals surface area contributed by atoms with Crippen LogP contribution < -0.4 is 4.89 Å². The van der Waals surface area contributed by atoms with Crippen LogP contribution in [0.1, 0.15) is 187 Å². The Labute approximate surface area is 362 Å². The number of phosphoric acid groups is 1. The molecule has 0 aromatic rings. The van der Waals surface area contributed by atoms with Gasteiger partial charge in [-0.1, -0.05) is 164 Å². The number of phosphoric ester groups is 1. The topological polar surface area (TPSA) is 111 Å². The van der Waals surface area contributed by atoms with Gasteiger partial charge in [-0.05, 0) is 70.6 Å². The molecule has 342 valence electrons. The summed E-state index contributed by atoms with van der Waals surface area (Å²) in [4.78, 5) is 37.5. The third-order valence-electron chi connectivity index (χ3n) is 9.77. The Balaban J connectivity index is 4.33. The highest BCUT2D eigenvalue weighted by Crippen LogP contribution is 2.38. The number of esters is 2. The molecule has 0 aliphatic rings. The molecule has 0 amide bonds. The van der Waals surface area contributed by atoms with Crippen LogP contribution in [0.25, 0.3) is 0 Å². The molecule has 0 spiro atoms. The van der Waals surface area contributed by atoms with Crippen molar-refractivity contribution in [2.75, 3.05) is 47.5 Å². The molecule has 0 saturated heterocycles. The summed E-state index contributed by atoms with van der Waals surface area (Å²) in [5, 5.41) is 0. The lowest BCUT2D eigenvalue weighted by molar-refractivity contribution is -0.870. The number of nitrogens with zero attached hydrogens (tertiary/aromatic N) is 1. The summed E-state index contributed by atoms with van der Waals surface area (Å²) in [6.07, 6.45) is 49.8. The van der Waals surface area contributed by atoms with Gasteiger partial charge in [0.05, 0.1) is 27.7 Å². The second-order valence-electron chi connectivity index (χ2n) is 16.8. The van der Waals surface area contributed by atoms with Crippen LogP contribution in [-0.2, 0) is 32.7 Å². The van der Waals surface area contributed by atoms with Gasteiger partial charge in [-0.15, -0.1) is 0 Å². The van der Waals surface area contributed by atoms with Crippen molar-refractivity contribution in [2.45, 2.75) is 193 Å². The number of likely N-dealkylation sites (N-methyl/N-ethyl adjacent to an activating group) is 1. The van der Waals surface area contributed by atoms with Crippen molar-refractivity contribution in [3.05, 3.63) is 60.8 Å². The largest absolute Gasteiger partial charge is 0.756 e. The molecule has 0 aliphatic carbocycles. The van der Waals surface area contributed by atoms with E-state index >= 15 is 0 Å². The average molecular weight is 850 g/mol. The number of rotatable bonds is 42. The Morgan fingerprint density at radius 2 is 0.949 bits per heavy atom. The van der Waals surface area contributed by atoms with Gasteiger partial charge in [-0.25, -0.2) is 0 Å². The highest BCUT2D eigenvalue weighted by atomic mass is 31.2. The predicted molar refractivity (Wildman–Crippen MR) is 245 cm³/mol. The van der Waals surface area contributed by atoms with Crippen molar-refractivity contribution >= 4 is 19.8 Å². The summed E-state index contributed by atoms with van der Waals surface area (Å²) < 4.78 is 33.8. The lowest BCUT2D eigenvalue weighted by Crippen LogP contribution is -2.37. The maximum Gasteiger partial charge on any atom is 0.306 e. The van der Waals surface area contributed by atoms with Gasteiger partial charge in [0.25, 0.3) is 7.82 Å². The first kappa shape index (κ1) is 56.7. The molecular formula is C49H88NO8P. The molecule has 0 radical (unpaired) electrons. The number of carbonyl (C=O) groups excluding carboxylic acids is 2. The van der Waals surface area contributed by atoms with Crippen LogP contribution in [0.5, 0.6) is 0 Å². The van der Waals surface area contributed by atoms with Crippen LogP contribution >= 0.6 is 7.82 Å². The van der Waals surface area contributed by atoms with E-state index in [2.05, 4.69) is 62.5 Å². The van der Waals surface area contributed by atoms with Crippen molar-refractivity contribution < 1.29 is 42.1 Å². The molecular weight excluding hydrogens is 762 g/mol. The van der Waals surface area contributed by atoms with E-state index in [0.717, 1.165) is 51.4 Å². The fourth-order valence-corrected chi connectivity index (χ4v) is 6.80. The zero-order valence-electron chi connectivity index (χ0n) is 38.4. The Hall–Kier alpha value is -2.29. The lowest BCUT2D eigenvalue weighted by atomic mass is 10.1. The summed E-state index contributed by atoms with van der Waals surface area (Å²) in [7, 11) is 1.12. The van der Waals surface area contributed by atoms with Gasteiger partial charge in [0.15, 0.2) is 6.10 Å². The van der Waals surface area contributed by atoms with Crippen molar-refractivity contribution in [3.8, 4) is 0 Å². The average Bonchev–Trinajstić information content (AvgIpc) is 3.19. The number of carbonyl (C=O) groups is 2. The van der Waals surface area contributed by atoms with Crippen molar-refractivity contribution in [1.82, 2.24) is 0 Å². The first-order chi connectivity index (χ1) is 28.5. The predicted octanol–water partition coefficient (Wildman–Crippen LogP) is 13.0. The fraction of sp³-hybridized carbons (Fsp3) is 0.755. The Bertz CT molecular complexity index is 1190. The molecule has 0 bridgehead atoms. The van der Waals surface area contributed by atoms with Crippen LogP contribution in [0.2, 0.25) is 0 Å². The minimum absolute atomic E-state index is 0.0430. The SMILES string of the molecule is CCCCC/C=C/C/C=C/C/C=C/CCCCCCCCCCCC(=O)OCC(COP(=O)([O-])OCC[N+](C)(C)C)OC(=O)CC/C=C/C/C=C/CCCCCCCC. The van der Waals surface area contributed by atoms with E-state index in [1.54, 1.807) is 0 Å². The van der Waals surface area contributed by atoms with Crippen LogP contribution in [0, 0.1) is 0 Å². The maximum absolute atomic E-state index is 12.6. The monoisotopic (exact) mass is 850 g/mol. The molecule has 0 saturated carbocycles. The molecule has 0 aliphatic heterocycles.